The third-order valence-corrected chi connectivity index (χ3v) is 3.21. The molecule has 0 aliphatic rings. The molecule has 0 saturated carbocycles. The van der Waals surface area contributed by atoms with Crippen LogP contribution in [0.3, 0.4) is 0 Å². The summed E-state index contributed by atoms with van der Waals surface area (Å²) in [4.78, 5) is 0. The summed E-state index contributed by atoms with van der Waals surface area (Å²) >= 11 is 0. The lowest BCUT2D eigenvalue weighted by molar-refractivity contribution is 0.347. The number of aryl methyl sites for hydroxylation is 1. The zero-order valence-electron chi connectivity index (χ0n) is 12.9. The first kappa shape index (κ1) is 15.3. The number of ether oxygens (including phenoxy) is 1. The summed E-state index contributed by atoms with van der Waals surface area (Å²) in [5, 5.41) is 3.46. The molecule has 2 aromatic rings. The molecule has 0 atom stereocenters. The van der Waals surface area contributed by atoms with E-state index < -0.39 is 0 Å². The van der Waals surface area contributed by atoms with Crippen molar-refractivity contribution in [1.82, 2.24) is 5.32 Å². The maximum atomic E-state index is 5.78. The van der Waals surface area contributed by atoms with E-state index in [1.165, 1.54) is 16.7 Å². The van der Waals surface area contributed by atoms with Gasteiger partial charge in [-0.25, -0.2) is 0 Å². The minimum atomic E-state index is 0.564. The SMILES string of the molecule is C=C(C)COc1ccccc1CNCc1ccc(C)cc1. The molecule has 0 aromatic heterocycles. The first-order valence-electron chi connectivity index (χ1n) is 7.26. The van der Waals surface area contributed by atoms with Crippen LogP contribution in [0.25, 0.3) is 0 Å². The average Bonchev–Trinajstić information content (AvgIpc) is 2.48. The molecule has 2 heteroatoms. The molecule has 0 aliphatic carbocycles. The van der Waals surface area contributed by atoms with E-state index >= 15 is 0 Å². The summed E-state index contributed by atoms with van der Waals surface area (Å²) in [7, 11) is 0. The minimum absolute atomic E-state index is 0.564. The highest BCUT2D eigenvalue weighted by atomic mass is 16.5. The highest BCUT2D eigenvalue weighted by Crippen LogP contribution is 2.18. The zero-order valence-corrected chi connectivity index (χ0v) is 12.9. The second kappa shape index (κ2) is 7.65. The molecular weight excluding hydrogens is 258 g/mol. The van der Waals surface area contributed by atoms with Crippen molar-refractivity contribution >= 4 is 0 Å². The van der Waals surface area contributed by atoms with Gasteiger partial charge < -0.3 is 10.1 Å². The van der Waals surface area contributed by atoms with Crippen LogP contribution in [0.5, 0.6) is 5.75 Å². The molecule has 2 aromatic carbocycles. The van der Waals surface area contributed by atoms with Crippen LogP contribution in [-0.4, -0.2) is 6.61 Å². The van der Waals surface area contributed by atoms with Crippen LogP contribution in [0.1, 0.15) is 23.6 Å². The maximum Gasteiger partial charge on any atom is 0.124 e. The summed E-state index contributed by atoms with van der Waals surface area (Å²) < 4.78 is 5.78. The second-order valence-corrected chi connectivity index (χ2v) is 5.44. The van der Waals surface area contributed by atoms with Gasteiger partial charge >= 0.3 is 0 Å². The van der Waals surface area contributed by atoms with Crippen molar-refractivity contribution in [2.45, 2.75) is 26.9 Å². The predicted octanol–water partition coefficient (Wildman–Crippen LogP) is 4.24. The van der Waals surface area contributed by atoms with Crippen molar-refractivity contribution in [3.8, 4) is 5.75 Å². The first-order chi connectivity index (χ1) is 10.1. The third-order valence-electron chi connectivity index (χ3n) is 3.21. The molecule has 0 spiro atoms. The van der Waals surface area contributed by atoms with Gasteiger partial charge in [0.1, 0.15) is 12.4 Å². The highest BCUT2D eigenvalue weighted by molar-refractivity contribution is 5.33. The quantitative estimate of drug-likeness (QED) is 0.766. The largest absolute Gasteiger partial charge is 0.489 e. The Kier molecular flexibility index (Phi) is 5.59. The number of hydrogen-bond acceptors (Lipinski definition) is 2. The van der Waals surface area contributed by atoms with Crippen LogP contribution in [-0.2, 0) is 13.1 Å². The van der Waals surface area contributed by atoms with E-state index in [4.69, 9.17) is 4.74 Å². The Bertz CT molecular complexity index is 587. The van der Waals surface area contributed by atoms with Crippen molar-refractivity contribution in [2.75, 3.05) is 6.61 Å². The molecule has 0 heterocycles. The first-order valence-corrected chi connectivity index (χ1v) is 7.26. The van der Waals surface area contributed by atoms with Gasteiger partial charge in [0, 0.05) is 18.7 Å². The van der Waals surface area contributed by atoms with E-state index in [-0.39, 0.29) is 0 Å². The normalized spacial score (nSPS) is 10.4. The molecule has 21 heavy (non-hydrogen) atoms. The minimum Gasteiger partial charge on any atom is -0.489 e. The van der Waals surface area contributed by atoms with Gasteiger partial charge in [-0.1, -0.05) is 54.6 Å². The van der Waals surface area contributed by atoms with Gasteiger partial charge in [0.25, 0.3) is 0 Å². The summed E-state index contributed by atoms with van der Waals surface area (Å²) in [6.45, 7) is 10.2. The molecule has 0 amide bonds. The Morgan fingerprint density at radius 3 is 2.48 bits per heavy atom. The van der Waals surface area contributed by atoms with Crippen molar-refractivity contribution < 1.29 is 4.74 Å². The lowest BCUT2D eigenvalue weighted by Crippen LogP contribution is -2.13. The van der Waals surface area contributed by atoms with Crippen molar-refractivity contribution in [2.24, 2.45) is 0 Å². The van der Waals surface area contributed by atoms with Crippen molar-refractivity contribution in [3.05, 3.63) is 77.4 Å². The molecule has 2 nitrogen and oxygen atoms in total. The molecule has 0 saturated heterocycles. The molecular formula is C19H23NO. The molecule has 110 valence electrons. The van der Waals surface area contributed by atoms with E-state index in [0.29, 0.717) is 6.61 Å². The Morgan fingerprint density at radius 1 is 1.05 bits per heavy atom. The van der Waals surface area contributed by atoms with Gasteiger partial charge in [-0.05, 0) is 31.1 Å². The van der Waals surface area contributed by atoms with Crippen LogP contribution in [0.4, 0.5) is 0 Å². The fourth-order valence-corrected chi connectivity index (χ4v) is 2.04. The van der Waals surface area contributed by atoms with Crippen molar-refractivity contribution in [1.29, 1.82) is 0 Å². The lowest BCUT2D eigenvalue weighted by atomic mass is 10.1. The van der Waals surface area contributed by atoms with Crippen molar-refractivity contribution in [3.63, 3.8) is 0 Å². The molecule has 0 unspecified atom stereocenters. The van der Waals surface area contributed by atoms with Crippen LogP contribution in [0.15, 0.2) is 60.7 Å². The lowest BCUT2D eigenvalue weighted by Gasteiger charge is -2.12. The number of para-hydroxylation sites is 1. The fraction of sp³-hybridized carbons (Fsp3) is 0.263. The fourth-order valence-electron chi connectivity index (χ4n) is 2.04. The Balaban J connectivity index is 1.90. The van der Waals surface area contributed by atoms with E-state index in [9.17, 15) is 0 Å². The second-order valence-electron chi connectivity index (χ2n) is 5.44. The molecule has 0 radical (unpaired) electrons. The zero-order chi connectivity index (χ0) is 15.1. The van der Waals surface area contributed by atoms with E-state index in [1.807, 2.05) is 25.1 Å². The van der Waals surface area contributed by atoms with E-state index in [2.05, 4.69) is 49.2 Å². The van der Waals surface area contributed by atoms with E-state index in [1.54, 1.807) is 0 Å². The molecule has 2 rings (SSSR count). The van der Waals surface area contributed by atoms with Gasteiger partial charge in [0.05, 0.1) is 0 Å². The summed E-state index contributed by atoms with van der Waals surface area (Å²) in [6.07, 6.45) is 0. The molecule has 1 N–H and O–H groups in total. The highest BCUT2D eigenvalue weighted by Gasteiger charge is 2.02. The smallest absolute Gasteiger partial charge is 0.124 e. The standard InChI is InChI=1S/C19H23NO/c1-15(2)14-21-19-7-5-4-6-18(19)13-20-12-17-10-8-16(3)9-11-17/h4-11,20H,1,12-14H2,2-3H3. The van der Waals surface area contributed by atoms with Gasteiger partial charge in [-0.3, -0.25) is 0 Å². The number of rotatable bonds is 7. The summed E-state index contributed by atoms with van der Waals surface area (Å²) in [6, 6.07) is 16.7. The third kappa shape index (κ3) is 5.09. The molecule has 0 fully saturated rings. The summed E-state index contributed by atoms with van der Waals surface area (Å²) in [5.74, 6) is 0.928. The summed E-state index contributed by atoms with van der Waals surface area (Å²) in [5.41, 5.74) is 4.78. The predicted molar refractivity (Wildman–Crippen MR) is 88.5 cm³/mol. The van der Waals surface area contributed by atoms with Crippen LogP contribution >= 0.6 is 0 Å². The van der Waals surface area contributed by atoms with Gasteiger partial charge in [0.15, 0.2) is 0 Å². The van der Waals surface area contributed by atoms with Gasteiger partial charge in [0.2, 0.25) is 0 Å². The van der Waals surface area contributed by atoms with E-state index in [0.717, 1.165) is 24.4 Å². The maximum absolute atomic E-state index is 5.78. The number of hydrogen-bond donors (Lipinski definition) is 1. The Labute approximate surface area is 127 Å². The molecule has 0 aliphatic heterocycles. The number of nitrogens with one attached hydrogen (secondary N) is 1. The monoisotopic (exact) mass is 281 g/mol. The molecule has 0 bridgehead atoms. The van der Waals surface area contributed by atoms with Gasteiger partial charge in [-0.15, -0.1) is 0 Å². The Hall–Kier alpha value is -2.06. The number of benzene rings is 2. The van der Waals surface area contributed by atoms with Crippen LogP contribution in [0, 0.1) is 6.92 Å². The van der Waals surface area contributed by atoms with Crippen LogP contribution < -0.4 is 10.1 Å². The van der Waals surface area contributed by atoms with Gasteiger partial charge in [-0.2, -0.15) is 0 Å². The van der Waals surface area contributed by atoms with Crippen LogP contribution in [0.2, 0.25) is 0 Å². The average molecular weight is 281 g/mol. The topological polar surface area (TPSA) is 21.3 Å². The Morgan fingerprint density at radius 2 is 1.76 bits per heavy atom.